The molecule has 0 radical (unpaired) electrons. The van der Waals surface area contributed by atoms with E-state index in [-0.39, 0.29) is 12.5 Å². The SMILES string of the molecule is Cc1cccc(C(=O)NCC(O)C(N)=O)c1Br. The van der Waals surface area contributed by atoms with Crippen LogP contribution in [0.1, 0.15) is 15.9 Å². The molecule has 5 nitrogen and oxygen atoms in total. The summed E-state index contributed by atoms with van der Waals surface area (Å²) >= 11 is 3.30. The fourth-order valence-electron chi connectivity index (χ4n) is 1.21. The third-order valence-electron chi connectivity index (χ3n) is 2.22. The molecular formula is C11H13BrN2O3. The lowest BCUT2D eigenvalue weighted by atomic mass is 10.1. The Hall–Kier alpha value is -1.40. The highest BCUT2D eigenvalue weighted by molar-refractivity contribution is 9.10. The Bertz CT molecular complexity index is 448. The molecule has 0 aliphatic carbocycles. The third-order valence-corrected chi connectivity index (χ3v) is 3.27. The number of aliphatic hydroxyl groups is 1. The minimum Gasteiger partial charge on any atom is -0.381 e. The molecule has 1 aromatic rings. The van der Waals surface area contributed by atoms with Crippen molar-refractivity contribution in [3.8, 4) is 0 Å². The number of nitrogens with one attached hydrogen (secondary N) is 1. The van der Waals surface area contributed by atoms with Crippen LogP contribution in [0, 0.1) is 6.92 Å². The molecule has 0 bridgehead atoms. The molecule has 92 valence electrons. The maximum atomic E-state index is 11.7. The summed E-state index contributed by atoms with van der Waals surface area (Å²) in [5.41, 5.74) is 6.24. The molecule has 1 rings (SSSR count). The van der Waals surface area contributed by atoms with Crippen molar-refractivity contribution < 1.29 is 14.7 Å². The summed E-state index contributed by atoms with van der Waals surface area (Å²) in [6, 6.07) is 5.25. The Morgan fingerprint density at radius 3 is 2.76 bits per heavy atom. The first-order valence-electron chi connectivity index (χ1n) is 4.94. The number of aryl methyl sites for hydroxylation is 1. The number of nitrogens with two attached hydrogens (primary N) is 1. The topological polar surface area (TPSA) is 92.4 Å². The van der Waals surface area contributed by atoms with Crippen molar-refractivity contribution in [3.05, 3.63) is 33.8 Å². The monoisotopic (exact) mass is 300 g/mol. The van der Waals surface area contributed by atoms with E-state index in [0.29, 0.717) is 10.0 Å². The van der Waals surface area contributed by atoms with Crippen LogP contribution in [-0.2, 0) is 4.79 Å². The van der Waals surface area contributed by atoms with Gasteiger partial charge in [0, 0.05) is 4.47 Å². The lowest BCUT2D eigenvalue weighted by molar-refractivity contribution is -0.125. The number of aliphatic hydroxyl groups excluding tert-OH is 1. The number of hydrogen-bond acceptors (Lipinski definition) is 3. The van der Waals surface area contributed by atoms with E-state index in [1.807, 2.05) is 13.0 Å². The molecule has 2 amide bonds. The van der Waals surface area contributed by atoms with E-state index < -0.39 is 12.0 Å². The number of carbonyl (C=O) groups excluding carboxylic acids is 2. The number of carbonyl (C=O) groups is 2. The van der Waals surface area contributed by atoms with Crippen molar-refractivity contribution >= 4 is 27.7 Å². The predicted molar refractivity (Wildman–Crippen MR) is 66.4 cm³/mol. The molecule has 1 aromatic carbocycles. The van der Waals surface area contributed by atoms with E-state index in [0.717, 1.165) is 5.56 Å². The first kappa shape index (κ1) is 13.7. The summed E-state index contributed by atoms with van der Waals surface area (Å²) < 4.78 is 0.686. The molecule has 0 saturated heterocycles. The Balaban J connectivity index is 2.71. The lowest BCUT2D eigenvalue weighted by Crippen LogP contribution is -2.40. The molecule has 0 aliphatic rings. The van der Waals surface area contributed by atoms with Gasteiger partial charge in [0.2, 0.25) is 5.91 Å². The summed E-state index contributed by atoms with van der Waals surface area (Å²) in [5, 5.41) is 11.6. The van der Waals surface area contributed by atoms with Gasteiger partial charge in [0.15, 0.2) is 0 Å². The van der Waals surface area contributed by atoms with E-state index in [2.05, 4.69) is 21.2 Å². The maximum absolute atomic E-state index is 11.7. The lowest BCUT2D eigenvalue weighted by Gasteiger charge is -2.10. The predicted octanol–water partition coefficient (Wildman–Crippen LogP) is 0.334. The van der Waals surface area contributed by atoms with E-state index in [9.17, 15) is 9.59 Å². The standard InChI is InChI=1S/C11H13BrN2O3/c1-6-3-2-4-7(9(6)12)11(17)14-5-8(15)10(13)16/h2-4,8,15H,5H2,1H3,(H2,13,16)(H,14,17). The van der Waals surface area contributed by atoms with Crippen molar-refractivity contribution in [2.45, 2.75) is 13.0 Å². The Morgan fingerprint density at radius 2 is 2.18 bits per heavy atom. The normalized spacial score (nSPS) is 11.9. The van der Waals surface area contributed by atoms with Crippen molar-refractivity contribution in [1.29, 1.82) is 0 Å². The summed E-state index contributed by atoms with van der Waals surface area (Å²) in [6.07, 6.45) is -1.37. The molecular weight excluding hydrogens is 288 g/mol. The second-order valence-corrected chi connectivity index (χ2v) is 4.36. The largest absolute Gasteiger partial charge is 0.381 e. The van der Waals surface area contributed by atoms with Gasteiger partial charge in [-0.3, -0.25) is 9.59 Å². The minimum atomic E-state index is -1.37. The van der Waals surface area contributed by atoms with E-state index in [1.165, 1.54) is 0 Å². The average Bonchev–Trinajstić information content (AvgIpc) is 2.29. The number of amides is 2. The van der Waals surface area contributed by atoms with Crippen LogP contribution >= 0.6 is 15.9 Å². The van der Waals surface area contributed by atoms with Gasteiger partial charge in [-0.05, 0) is 34.5 Å². The average molecular weight is 301 g/mol. The third kappa shape index (κ3) is 3.54. The minimum absolute atomic E-state index is 0.200. The fraction of sp³-hybridized carbons (Fsp3) is 0.273. The van der Waals surface area contributed by atoms with Gasteiger partial charge in [-0.25, -0.2) is 0 Å². The van der Waals surface area contributed by atoms with Crippen LogP contribution in [0.15, 0.2) is 22.7 Å². The molecule has 0 heterocycles. The van der Waals surface area contributed by atoms with Crippen LogP contribution in [-0.4, -0.2) is 29.6 Å². The second kappa shape index (κ2) is 5.79. The van der Waals surface area contributed by atoms with Crippen LogP contribution in [0.2, 0.25) is 0 Å². The van der Waals surface area contributed by atoms with Crippen LogP contribution in [0.25, 0.3) is 0 Å². The van der Waals surface area contributed by atoms with Gasteiger partial charge in [-0.1, -0.05) is 12.1 Å². The number of hydrogen-bond donors (Lipinski definition) is 3. The van der Waals surface area contributed by atoms with Gasteiger partial charge in [-0.2, -0.15) is 0 Å². The second-order valence-electron chi connectivity index (χ2n) is 3.56. The smallest absolute Gasteiger partial charge is 0.252 e. The number of halogens is 1. The van der Waals surface area contributed by atoms with Crippen LogP contribution < -0.4 is 11.1 Å². The van der Waals surface area contributed by atoms with Crippen molar-refractivity contribution in [3.63, 3.8) is 0 Å². The summed E-state index contributed by atoms with van der Waals surface area (Å²) in [4.78, 5) is 22.3. The molecule has 0 saturated carbocycles. The Kier molecular flexibility index (Phi) is 4.65. The Morgan fingerprint density at radius 1 is 1.53 bits per heavy atom. The highest BCUT2D eigenvalue weighted by Crippen LogP contribution is 2.20. The molecule has 0 aliphatic heterocycles. The highest BCUT2D eigenvalue weighted by atomic mass is 79.9. The van der Waals surface area contributed by atoms with E-state index >= 15 is 0 Å². The number of benzene rings is 1. The molecule has 6 heteroatoms. The highest BCUT2D eigenvalue weighted by Gasteiger charge is 2.15. The van der Waals surface area contributed by atoms with Crippen LogP contribution in [0.5, 0.6) is 0 Å². The van der Waals surface area contributed by atoms with E-state index in [1.54, 1.807) is 12.1 Å². The van der Waals surface area contributed by atoms with Crippen LogP contribution in [0.3, 0.4) is 0 Å². The van der Waals surface area contributed by atoms with Gasteiger partial charge in [0.05, 0.1) is 12.1 Å². The van der Waals surface area contributed by atoms with Gasteiger partial charge in [0.1, 0.15) is 6.10 Å². The molecule has 4 N–H and O–H groups in total. The molecule has 1 unspecified atom stereocenters. The van der Waals surface area contributed by atoms with Gasteiger partial charge < -0.3 is 16.2 Å². The van der Waals surface area contributed by atoms with Gasteiger partial charge in [-0.15, -0.1) is 0 Å². The number of rotatable bonds is 4. The summed E-state index contributed by atoms with van der Waals surface area (Å²) in [7, 11) is 0. The first-order chi connectivity index (χ1) is 7.93. The zero-order valence-corrected chi connectivity index (χ0v) is 10.8. The van der Waals surface area contributed by atoms with Crippen molar-refractivity contribution in [2.24, 2.45) is 5.73 Å². The molecule has 0 spiro atoms. The molecule has 0 aromatic heterocycles. The van der Waals surface area contributed by atoms with Crippen molar-refractivity contribution in [2.75, 3.05) is 6.54 Å². The molecule has 0 fully saturated rings. The maximum Gasteiger partial charge on any atom is 0.252 e. The molecule has 17 heavy (non-hydrogen) atoms. The van der Waals surface area contributed by atoms with E-state index in [4.69, 9.17) is 10.8 Å². The fourth-order valence-corrected chi connectivity index (χ4v) is 1.65. The van der Waals surface area contributed by atoms with Gasteiger partial charge in [0.25, 0.3) is 5.91 Å². The number of primary amides is 1. The van der Waals surface area contributed by atoms with Crippen LogP contribution in [0.4, 0.5) is 0 Å². The summed E-state index contributed by atoms with van der Waals surface area (Å²) in [5.74, 6) is -1.24. The zero-order valence-electron chi connectivity index (χ0n) is 9.24. The Labute approximate surface area is 107 Å². The summed E-state index contributed by atoms with van der Waals surface area (Å²) in [6.45, 7) is 1.66. The quantitative estimate of drug-likeness (QED) is 0.748. The van der Waals surface area contributed by atoms with Crippen molar-refractivity contribution in [1.82, 2.24) is 5.32 Å². The zero-order chi connectivity index (χ0) is 13.0. The van der Waals surface area contributed by atoms with Gasteiger partial charge >= 0.3 is 0 Å². The molecule has 1 atom stereocenters. The first-order valence-corrected chi connectivity index (χ1v) is 5.73.